The number of carbonyl (C=O) groups is 1. The fourth-order valence-corrected chi connectivity index (χ4v) is 6.06. The molecule has 0 spiro atoms. The Kier molecular flexibility index (Phi) is 4.90. The fraction of sp³-hybridized carbons (Fsp3) is 0.591. The van der Waals surface area contributed by atoms with E-state index in [0.717, 1.165) is 23.3 Å². The quantitative estimate of drug-likeness (QED) is 0.600. The maximum atomic E-state index is 12.7. The van der Waals surface area contributed by atoms with Gasteiger partial charge >= 0.3 is 0 Å². The molecular formula is C22H28N4O. The van der Waals surface area contributed by atoms with E-state index in [1.807, 2.05) is 18.2 Å². The van der Waals surface area contributed by atoms with Crippen LogP contribution in [0.25, 0.3) is 0 Å². The largest absolute Gasteiger partial charge is 0.386 e. The Morgan fingerprint density at radius 3 is 2.41 bits per heavy atom. The molecule has 1 atom stereocenters. The molecule has 0 radical (unpaired) electrons. The minimum Gasteiger partial charge on any atom is -0.386 e. The van der Waals surface area contributed by atoms with Crippen LogP contribution in [0.1, 0.15) is 51.0 Å². The van der Waals surface area contributed by atoms with Crippen LogP contribution in [-0.4, -0.2) is 16.9 Å². The van der Waals surface area contributed by atoms with Crippen molar-refractivity contribution in [3.05, 3.63) is 41.9 Å². The van der Waals surface area contributed by atoms with Crippen LogP contribution in [0, 0.1) is 34.5 Å². The van der Waals surface area contributed by atoms with Crippen LogP contribution in [0.4, 0.5) is 0 Å². The molecule has 1 amide bonds. The number of nitriles is 1. The molecule has 1 unspecified atom stereocenters. The van der Waals surface area contributed by atoms with Gasteiger partial charge in [-0.2, -0.15) is 5.26 Å². The maximum Gasteiger partial charge on any atom is 0.263 e. The zero-order valence-corrected chi connectivity index (χ0v) is 15.9. The number of rotatable bonds is 6. The van der Waals surface area contributed by atoms with Gasteiger partial charge < -0.3 is 10.6 Å². The SMILES string of the molecule is CC(NC(=O)/C(C#N)=C\NCc1ccncc1)C12CC3CC(CC(C3)C1)C2. The van der Waals surface area contributed by atoms with Crippen LogP contribution in [0.2, 0.25) is 0 Å². The van der Waals surface area contributed by atoms with Crippen molar-refractivity contribution in [2.45, 2.75) is 58.0 Å². The number of nitrogens with zero attached hydrogens (tertiary/aromatic N) is 2. The summed E-state index contributed by atoms with van der Waals surface area (Å²) in [6.07, 6.45) is 12.9. The Balaban J connectivity index is 1.37. The summed E-state index contributed by atoms with van der Waals surface area (Å²) in [7, 11) is 0. The second kappa shape index (κ2) is 7.34. The summed E-state index contributed by atoms with van der Waals surface area (Å²) in [6, 6.07) is 5.97. The third-order valence-electron chi connectivity index (χ3n) is 7.02. The summed E-state index contributed by atoms with van der Waals surface area (Å²) in [6.45, 7) is 2.70. The maximum absolute atomic E-state index is 12.7. The number of amides is 1. The van der Waals surface area contributed by atoms with Crippen LogP contribution in [0.3, 0.4) is 0 Å². The molecule has 0 aliphatic heterocycles. The van der Waals surface area contributed by atoms with E-state index in [0.29, 0.717) is 6.54 Å². The summed E-state index contributed by atoms with van der Waals surface area (Å²) in [4.78, 5) is 16.7. The summed E-state index contributed by atoms with van der Waals surface area (Å²) in [5.74, 6) is 2.29. The fourth-order valence-electron chi connectivity index (χ4n) is 6.06. The molecule has 4 fully saturated rings. The number of carbonyl (C=O) groups excluding carboxylic acids is 1. The van der Waals surface area contributed by atoms with E-state index < -0.39 is 0 Å². The average Bonchev–Trinajstić information content (AvgIpc) is 2.65. The summed E-state index contributed by atoms with van der Waals surface area (Å²) in [5, 5.41) is 15.6. The van der Waals surface area contributed by atoms with E-state index in [2.05, 4.69) is 22.5 Å². The third kappa shape index (κ3) is 3.71. The smallest absolute Gasteiger partial charge is 0.263 e. The molecule has 1 heterocycles. The van der Waals surface area contributed by atoms with Crippen molar-refractivity contribution < 1.29 is 4.79 Å². The van der Waals surface area contributed by atoms with Crippen molar-refractivity contribution in [2.75, 3.05) is 0 Å². The lowest BCUT2D eigenvalue weighted by Crippen LogP contribution is -2.56. The summed E-state index contributed by atoms with van der Waals surface area (Å²) in [5.41, 5.74) is 1.44. The van der Waals surface area contributed by atoms with E-state index in [4.69, 9.17) is 0 Å². The minimum atomic E-state index is -0.261. The lowest BCUT2D eigenvalue weighted by Gasteiger charge is -2.59. The number of nitrogens with one attached hydrogen (secondary N) is 2. The zero-order chi connectivity index (χ0) is 18.9. The van der Waals surface area contributed by atoms with Gasteiger partial charge in [-0.05, 0) is 86.3 Å². The molecule has 1 aromatic rings. The molecule has 5 heteroatoms. The van der Waals surface area contributed by atoms with Gasteiger partial charge in [0.2, 0.25) is 0 Å². The van der Waals surface area contributed by atoms with Crippen LogP contribution < -0.4 is 10.6 Å². The van der Waals surface area contributed by atoms with Crippen molar-refractivity contribution in [3.8, 4) is 6.07 Å². The topological polar surface area (TPSA) is 77.8 Å². The molecule has 5 nitrogen and oxygen atoms in total. The Hall–Kier alpha value is -2.35. The van der Waals surface area contributed by atoms with Gasteiger partial charge in [0, 0.05) is 31.2 Å². The zero-order valence-electron chi connectivity index (χ0n) is 15.9. The second-order valence-electron chi connectivity index (χ2n) is 8.88. The first kappa shape index (κ1) is 18.0. The van der Waals surface area contributed by atoms with Gasteiger partial charge in [-0.3, -0.25) is 9.78 Å². The van der Waals surface area contributed by atoms with E-state index in [1.54, 1.807) is 12.4 Å². The van der Waals surface area contributed by atoms with Crippen molar-refractivity contribution in [2.24, 2.45) is 23.2 Å². The first-order chi connectivity index (χ1) is 13.1. The third-order valence-corrected chi connectivity index (χ3v) is 7.02. The molecule has 4 aliphatic carbocycles. The highest BCUT2D eigenvalue weighted by Gasteiger charge is 2.53. The molecule has 4 bridgehead atoms. The van der Waals surface area contributed by atoms with Gasteiger partial charge in [0.15, 0.2) is 0 Å². The van der Waals surface area contributed by atoms with Crippen LogP contribution in [0.15, 0.2) is 36.3 Å². The first-order valence-electron chi connectivity index (χ1n) is 10.1. The number of pyridine rings is 1. The van der Waals surface area contributed by atoms with Crippen molar-refractivity contribution in [1.29, 1.82) is 5.26 Å². The van der Waals surface area contributed by atoms with Gasteiger partial charge in [-0.1, -0.05) is 0 Å². The molecule has 5 rings (SSSR count). The van der Waals surface area contributed by atoms with Gasteiger partial charge in [0.05, 0.1) is 0 Å². The molecule has 1 aromatic heterocycles. The van der Waals surface area contributed by atoms with Crippen molar-refractivity contribution in [1.82, 2.24) is 15.6 Å². The van der Waals surface area contributed by atoms with E-state index in [9.17, 15) is 10.1 Å². The minimum absolute atomic E-state index is 0.121. The van der Waals surface area contributed by atoms with Gasteiger partial charge in [0.1, 0.15) is 11.6 Å². The molecule has 2 N–H and O–H groups in total. The van der Waals surface area contributed by atoms with Crippen molar-refractivity contribution >= 4 is 5.91 Å². The summed E-state index contributed by atoms with van der Waals surface area (Å²) < 4.78 is 0. The number of aromatic nitrogens is 1. The van der Waals surface area contributed by atoms with Crippen LogP contribution in [-0.2, 0) is 11.3 Å². The lowest BCUT2D eigenvalue weighted by atomic mass is 9.48. The molecule has 0 saturated heterocycles. The molecule has 0 aromatic carbocycles. The Morgan fingerprint density at radius 2 is 1.85 bits per heavy atom. The molecule has 4 aliphatic rings. The second-order valence-corrected chi connectivity index (χ2v) is 8.88. The van der Waals surface area contributed by atoms with Gasteiger partial charge in [-0.25, -0.2) is 0 Å². The van der Waals surface area contributed by atoms with Gasteiger partial charge in [-0.15, -0.1) is 0 Å². The predicted octanol–water partition coefficient (Wildman–Crippen LogP) is 3.30. The number of hydrogen-bond donors (Lipinski definition) is 2. The predicted molar refractivity (Wildman–Crippen MR) is 103 cm³/mol. The molecular weight excluding hydrogens is 336 g/mol. The standard InChI is InChI=1S/C22H28N4O/c1-15(22-9-17-6-18(10-22)8-19(7-17)11-22)26-21(27)20(12-23)14-25-13-16-2-4-24-5-3-16/h2-5,14-15,17-19,25H,6-11,13H2,1H3,(H,26,27)/b20-14-. The highest BCUT2D eigenvalue weighted by Crippen LogP contribution is 2.61. The van der Waals surface area contributed by atoms with Crippen LogP contribution >= 0.6 is 0 Å². The monoisotopic (exact) mass is 364 g/mol. The highest BCUT2D eigenvalue weighted by atomic mass is 16.1. The first-order valence-corrected chi connectivity index (χ1v) is 10.1. The Labute approximate surface area is 161 Å². The lowest BCUT2D eigenvalue weighted by molar-refractivity contribution is -0.122. The van der Waals surface area contributed by atoms with Crippen LogP contribution in [0.5, 0.6) is 0 Å². The van der Waals surface area contributed by atoms with Crippen molar-refractivity contribution in [3.63, 3.8) is 0 Å². The average molecular weight is 364 g/mol. The molecule has 27 heavy (non-hydrogen) atoms. The molecule has 4 saturated carbocycles. The van der Waals surface area contributed by atoms with E-state index >= 15 is 0 Å². The van der Waals surface area contributed by atoms with Gasteiger partial charge in [0.25, 0.3) is 5.91 Å². The van der Waals surface area contributed by atoms with E-state index in [-0.39, 0.29) is 22.9 Å². The number of hydrogen-bond acceptors (Lipinski definition) is 4. The Bertz CT molecular complexity index is 729. The normalized spacial score (nSPS) is 32.6. The molecule has 142 valence electrons. The summed E-state index contributed by atoms with van der Waals surface area (Å²) >= 11 is 0. The van der Waals surface area contributed by atoms with E-state index in [1.165, 1.54) is 44.7 Å². The highest BCUT2D eigenvalue weighted by molar-refractivity contribution is 5.97. The Morgan fingerprint density at radius 1 is 1.26 bits per heavy atom.